The third-order valence-corrected chi connectivity index (χ3v) is 8.60. The van der Waals surface area contributed by atoms with Crippen LogP contribution in [0.4, 0.5) is 0 Å². The van der Waals surface area contributed by atoms with Gasteiger partial charge in [-0.3, -0.25) is 14.5 Å². The van der Waals surface area contributed by atoms with Crippen LogP contribution in [-0.2, 0) is 14.3 Å². The van der Waals surface area contributed by atoms with Crippen molar-refractivity contribution in [2.24, 2.45) is 0 Å². The van der Waals surface area contributed by atoms with Crippen LogP contribution in [0.25, 0.3) is 0 Å². The number of aromatic carboxylic acids is 1. The van der Waals surface area contributed by atoms with E-state index in [9.17, 15) is 24.3 Å². The number of carboxylic acids is 1. The van der Waals surface area contributed by atoms with E-state index in [1.54, 1.807) is 26.8 Å². The first-order valence-electron chi connectivity index (χ1n) is 10.9. The van der Waals surface area contributed by atoms with Gasteiger partial charge in [0.2, 0.25) is 0 Å². The third-order valence-electron chi connectivity index (χ3n) is 5.21. The molecule has 2 N–H and O–H groups in total. The fourth-order valence-corrected chi connectivity index (χ4v) is 6.98. The quantitative estimate of drug-likeness (QED) is 0.302. The van der Waals surface area contributed by atoms with Gasteiger partial charge < -0.3 is 15.2 Å². The molecule has 2 amide bonds. The number of carboxylic acid groups (broad SMARTS) is 1. The molecule has 2 aliphatic heterocycles. The Hall–Kier alpha value is -2.90. The number of ether oxygens (including phenoxy) is 1. The average molecular weight is 549 g/mol. The van der Waals surface area contributed by atoms with E-state index in [4.69, 9.17) is 4.74 Å². The number of β-lactam (4-membered cyclic amide) rings is 1. The first-order valence-corrected chi connectivity index (χ1v) is 13.8. The molecule has 3 heterocycles. The molecule has 1 unspecified atom stereocenters. The first-order chi connectivity index (χ1) is 17.0. The molecule has 0 radical (unpaired) electrons. The van der Waals surface area contributed by atoms with Gasteiger partial charge in [-0.1, -0.05) is 35.2 Å². The Balaban J connectivity index is 1.56. The minimum absolute atomic E-state index is 0.0376. The molecule has 4 rings (SSSR count). The van der Waals surface area contributed by atoms with E-state index in [2.05, 4.69) is 15.5 Å². The molecule has 0 aliphatic carbocycles. The van der Waals surface area contributed by atoms with Gasteiger partial charge in [-0.05, 0) is 45.4 Å². The highest BCUT2D eigenvalue weighted by molar-refractivity contribution is 8.01. The van der Waals surface area contributed by atoms with Crippen molar-refractivity contribution in [2.75, 3.05) is 11.5 Å². The summed E-state index contributed by atoms with van der Waals surface area (Å²) in [6.45, 7) is 7.11. The Morgan fingerprint density at radius 3 is 2.53 bits per heavy atom. The fraction of sp³-hybridized carbons (Fsp3) is 0.391. The number of carbonyl (C=O) groups excluding carboxylic acids is 3. The number of amides is 2. The first kappa shape index (κ1) is 26.2. The van der Waals surface area contributed by atoms with Gasteiger partial charge in [-0.25, -0.2) is 9.59 Å². The summed E-state index contributed by atoms with van der Waals surface area (Å²) in [6.07, 6.45) is 0. The lowest BCUT2D eigenvalue weighted by Gasteiger charge is -2.50. The van der Waals surface area contributed by atoms with E-state index in [0.29, 0.717) is 11.5 Å². The van der Waals surface area contributed by atoms with Crippen LogP contribution in [0, 0.1) is 6.92 Å². The van der Waals surface area contributed by atoms with Crippen molar-refractivity contribution in [1.82, 2.24) is 20.4 Å². The van der Waals surface area contributed by atoms with E-state index < -0.39 is 40.8 Å². The summed E-state index contributed by atoms with van der Waals surface area (Å²) < 4.78 is 6.36. The van der Waals surface area contributed by atoms with E-state index in [0.717, 1.165) is 14.9 Å². The number of fused-ring (bicyclic) bond motifs is 1. The van der Waals surface area contributed by atoms with E-state index in [-0.39, 0.29) is 16.8 Å². The number of aryl methyl sites for hydroxylation is 1. The van der Waals surface area contributed by atoms with Gasteiger partial charge in [0, 0.05) is 11.5 Å². The normalized spacial score (nSPS) is 19.4. The van der Waals surface area contributed by atoms with Crippen LogP contribution in [0.2, 0.25) is 0 Å². The van der Waals surface area contributed by atoms with Crippen molar-refractivity contribution in [1.29, 1.82) is 0 Å². The lowest BCUT2D eigenvalue weighted by molar-refractivity contribution is -0.158. The zero-order valence-corrected chi connectivity index (χ0v) is 22.4. The molecular formula is C23H24N4O6S3. The van der Waals surface area contributed by atoms with E-state index >= 15 is 0 Å². The monoisotopic (exact) mass is 548 g/mol. The zero-order valence-electron chi connectivity index (χ0n) is 19.9. The molecule has 1 aromatic heterocycles. The molecule has 190 valence electrons. The van der Waals surface area contributed by atoms with Crippen LogP contribution in [0.15, 0.2) is 39.9 Å². The second-order valence-corrected chi connectivity index (χ2v) is 12.6. The summed E-state index contributed by atoms with van der Waals surface area (Å²) >= 11 is 4.30. The highest BCUT2D eigenvalue weighted by atomic mass is 32.2. The van der Waals surface area contributed by atoms with Crippen molar-refractivity contribution < 1.29 is 29.0 Å². The van der Waals surface area contributed by atoms with Crippen molar-refractivity contribution in [3.05, 3.63) is 51.7 Å². The third kappa shape index (κ3) is 5.42. The van der Waals surface area contributed by atoms with Crippen molar-refractivity contribution in [2.45, 2.75) is 49.1 Å². The SMILES string of the molecule is Cc1nnc(SCC2=C(C(=O)OC(C)(C)C)N3C(=O)C(NC(=O)c4ccccc4C(=O)O)[C@@H]3SC2)s1. The van der Waals surface area contributed by atoms with Crippen molar-refractivity contribution in [3.8, 4) is 0 Å². The number of hydrogen-bond donors (Lipinski definition) is 2. The number of nitrogens with one attached hydrogen (secondary N) is 1. The zero-order chi connectivity index (χ0) is 26.2. The Kier molecular flexibility index (Phi) is 7.43. The molecule has 36 heavy (non-hydrogen) atoms. The Morgan fingerprint density at radius 2 is 1.92 bits per heavy atom. The number of thioether (sulfide) groups is 2. The maximum atomic E-state index is 13.2. The predicted molar refractivity (Wildman–Crippen MR) is 136 cm³/mol. The number of carbonyl (C=O) groups is 4. The topological polar surface area (TPSA) is 139 Å². The highest BCUT2D eigenvalue weighted by Gasteiger charge is 2.54. The molecule has 10 nitrogen and oxygen atoms in total. The fourth-order valence-electron chi connectivity index (χ4n) is 3.68. The number of hydrogen-bond acceptors (Lipinski definition) is 10. The second kappa shape index (κ2) is 10.2. The van der Waals surface area contributed by atoms with Crippen molar-refractivity contribution in [3.63, 3.8) is 0 Å². The van der Waals surface area contributed by atoms with Crippen LogP contribution < -0.4 is 5.32 Å². The van der Waals surface area contributed by atoms with E-state index in [1.165, 1.54) is 58.0 Å². The van der Waals surface area contributed by atoms with Crippen molar-refractivity contribution >= 4 is 58.6 Å². The molecule has 0 bridgehead atoms. The molecule has 13 heteroatoms. The van der Waals surface area contributed by atoms with E-state index in [1.807, 2.05) is 6.92 Å². The van der Waals surface area contributed by atoms with Crippen LogP contribution in [0.3, 0.4) is 0 Å². The summed E-state index contributed by atoms with van der Waals surface area (Å²) in [4.78, 5) is 52.1. The molecule has 2 atom stereocenters. The molecule has 0 spiro atoms. The lowest BCUT2D eigenvalue weighted by atomic mass is 10.0. The summed E-state index contributed by atoms with van der Waals surface area (Å²) in [7, 11) is 0. The number of nitrogens with zero attached hydrogens (tertiary/aromatic N) is 3. The number of rotatable bonds is 7. The highest BCUT2D eigenvalue weighted by Crippen LogP contribution is 2.42. The Labute approximate surface area is 219 Å². The molecule has 1 saturated heterocycles. The summed E-state index contributed by atoms with van der Waals surface area (Å²) in [5.74, 6) is -2.09. The number of aromatic nitrogens is 2. The Morgan fingerprint density at radius 1 is 1.22 bits per heavy atom. The minimum atomic E-state index is -1.24. The average Bonchev–Trinajstić information content (AvgIpc) is 3.24. The van der Waals surface area contributed by atoms with Crippen LogP contribution in [0.1, 0.15) is 46.5 Å². The Bertz CT molecular complexity index is 1270. The molecule has 2 aromatic rings. The standard InChI is InChI=1S/C23H24N4O6S3/c1-11-25-26-22(36-11)35-10-12-9-34-19-15(18(29)27(19)16(12)21(32)33-23(2,3)4)24-17(28)13-7-5-6-8-14(13)20(30)31/h5-8,15,19H,9-10H2,1-4H3,(H,24,28)(H,30,31)/t15?,19-/m0/s1. The molecule has 0 saturated carbocycles. The summed E-state index contributed by atoms with van der Waals surface area (Å²) in [5.41, 5.74) is -0.0395. The molecular weight excluding hydrogens is 524 g/mol. The maximum absolute atomic E-state index is 13.2. The van der Waals surface area contributed by atoms with Gasteiger partial charge in [-0.15, -0.1) is 22.0 Å². The minimum Gasteiger partial charge on any atom is -0.478 e. The predicted octanol–water partition coefficient (Wildman–Crippen LogP) is 2.95. The maximum Gasteiger partial charge on any atom is 0.355 e. The van der Waals surface area contributed by atoms with Crippen LogP contribution >= 0.6 is 34.9 Å². The molecule has 1 fully saturated rings. The largest absolute Gasteiger partial charge is 0.478 e. The molecule has 1 aromatic carbocycles. The summed E-state index contributed by atoms with van der Waals surface area (Å²) in [5, 5.41) is 20.5. The van der Waals surface area contributed by atoms with Gasteiger partial charge in [-0.2, -0.15) is 0 Å². The second-order valence-electron chi connectivity index (χ2n) is 9.04. The lowest BCUT2D eigenvalue weighted by Crippen LogP contribution is -2.70. The van der Waals surface area contributed by atoms with Gasteiger partial charge in [0.05, 0.1) is 11.1 Å². The molecule has 2 aliphatic rings. The van der Waals surface area contributed by atoms with Gasteiger partial charge in [0.25, 0.3) is 11.8 Å². The van der Waals surface area contributed by atoms with Gasteiger partial charge in [0.15, 0.2) is 4.34 Å². The van der Waals surface area contributed by atoms with Crippen LogP contribution in [-0.4, -0.2) is 72.5 Å². The number of benzene rings is 1. The van der Waals surface area contributed by atoms with Crippen LogP contribution in [0.5, 0.6) is 0 Å². The van der Waals surface area contributed by atoms with Gasteiger partial charge >= 0.3 is 11.9 Å². The number of esters is 1. The summed E-state index contributed by atoms with van der Waals surface area (Å²) in [6, 6.07) is 4.90. The van der Waals surface area contributed by atoms with Gasteiger partial charge in [0.1, 0.15) is 27.7 Å². The smallest absolute Gasteiger partial charge is 0.355 e.